The van der Waals surface area contributed by atoms with Crippen molar-refractivity contribution in [3.63, 3.8) is 0 Å². The van der Waals surface area contributed by atoms with Crippen molar-refractivity contribution in [2.45, 2.75) is 12.1 Å². The number of aromatic nitrogens is 2. The number of morpholine rings is 1. The normalized spacial score (nSPS) is 19.8. The van der Waals surface area contributed by atoms with Gasteiger partial charge >= 0.3 is 0 Å². The summed E-state index contributed by atoms with van der Waals surface area (Å²) in [5, 5.41) is 5.36. The van der Waals surface area contributed by atoms with Crippen LogP contribution in [0, 0.1) is 0 Å². The zero-order chi connectivity index (χ0) is 25.4. The number of rotatable bonds is 5. The second-order valence-corrected chi connectivity index (χ2v) is 10.2. The molecule has 6 rings (SSSR count). The van der Waals surface area contributed by atoms with Gasteiger partial charge in [0.2, 0.25) is 0 Å². The number of anilines is 2. The van der Waals surface area contributed by atoms with Gasteiger partial charge in [-0.3, -0.25) is 4.98 Å². The molecule has 2 saturated heterocycles. The van der Waals surface area contributed by atoms with Gasteiger partial charge in [0.15, 0.2) is 5.11 Å². The molecule has 2 aromatic carbocycles. The molecule has 0 saturated carbocycles. The highest BCUT2D eigenvalue weighted by Crippen LogP contribution is 2.43. The van der Waals surface area contributed by atoms with Crippen LogP contribution in [-0.2, 0) is 4.74 Å². The van der Waals surface area contributed by atoms with Crippen molar-refractivity contribution >= 4 is 51.9 Å². The molecule has 4 aromatic rings. The number of nitrogens with one attached hydrogen (secondary N) is 1. The van der Waals surface area contributed by atoms with E-state index in [1.807, 2.05) is 48.8 Å². The number of benzene rings is 2. The maximum absolute atomic E-state index is 6.64. The molecule has 2 aliphatic heterocycles. The van der Waals surface area contributed by atoms with E-state index in [0.29, 0.717) is 15.2 Å². The molecular formula is C28H25Cl2N5OS. The SMILES string of the molecule is S=C1N[C@H](c2ccccn2)[C@@H](c2cccn2-c2ccc(Cl)cc2Cl)N1c1ccc(N2CCOCC2)cc1. The van der Waals surface area contributed by atoms with Crippen molar-refractivity contribution in [2.75, 3.05) is 36.1 Å². The fourth-order valence-electron chi connectivity index (χ4n) is 5.11. The fourth-order valence-corrected chi connectivity index (χ4v) is 5.96. The fraction of sp³-hybridized carbons (Fsp3) is 0.214. The lowest BCUT2D eigenvalue weighted by atomic mass is 10.0. The summed E-state index contributed by atoms with van der Waals surface area (Å²) in [4.78, 5) is 9.19. The van der Waals surface area contributed by atoms with Crippen LogP contribution in [-0.4, -0.2) is 41.0 Å². The Hall–Kier alpha value is -3.10. The maximum atomic E-state index is 6.64. The van der Waals surface area contributed by atoms with Crippen LogP contribution in [0.4, 0.5) is 11.4 Å². The van der Waals surface area contributed by atoms with Gasteiger partial charge < -0.3 is 24.4 Å². The Balaban J connectivity index is 1.43. The lowest BCUT2D eigenvalue weighted by Crippen LogP contribution is -2.36. The van der Waals surface area contributed by atoms with Crippen LogP contribution in [0.3, 0.4) is 0 Å². The Morgan fingerprint density at radius 2 is 1.70 bits per heavy atom. The number of ether oxygens (including phenoxy) is 1. The number of halogens is 2. The molecule has 0 unspecified atom stereocenters. The van der Waals surface area contributed by atoms with Gasteiger partial charge in [-0.25, -0.2) is 0 Å². The minimum absolute atomic E-state index is 0.160. The summed E-state index contributed by atoms with van der Waals surface area (Å²) in [5.74, 6) is 0. The van der Waals surface area contributed by atoms with E-state index in [1.54, 1.807) is 6.07 Å². The number of hydrogen-bond donors (Lipinski definition) is 1. The highest BCUT2D eigenvalue weighted by molar-refractivity contribution is 7.80. The monoisotopic (exact) mass is 549 g/mol. The van der Waals surface area contributed by atoms with E-state index in [9.17, 15) is 0 Å². The first-order chi connectivity index (χ1) is 18.1. The Kier molecular flexibility index (Phi) is 6.78. The highest BCUT2D eigenvalue weighted by atomic mass is 35.5. The van der Waals surface area contributed by atoms with E-state index < -0.39 is 0 Å². The second-order valence-electron chi connectivity index (χ2n) is 9.01. The van der Waals surface area contributed by atoms with Gasteiger partial charge in [-0.15, -0.1) is 0 Å². The van der Waals surface area contributed by atoms with Gasteiger partial charge in [-0.2, -0.15) is 0 Å². The third kappa shape index (κ3) is 4.68. The van der Waals surface area contributed by atoms with Crippen LogP contribution < -0.4 is 15.1 Å². The van der Waals surface area contributed by atoms with E-state index in [2.05, 4.69) is 55.0 Å². The Bertz CT molecular complexity index is 1410. The average molecular weight is 551 g/mol. The molecule has 4 heterocycles. The number of hydrogen-bond acceptors (Lipinski definition) is 4. The first-order valence-corrected chi connectivity index (χ1v) is 13.3. The molecule has 0 radical (unpaired) electrons. The minimum Gasteiger partial charge on any atom is -0.378 e. The molecule has 9 heteroatoms. The van der Waals surface area contributed by atoms with Crippen molar-refractivity contribution in [3.05, 3.63) is 107 Å². The molecular weight excluding hydrogens is 525 g/mol. The van der Waals surface area contributed by atoms with Crippen LogP contribution in [0.1, 0.15) is 23.5 Å². The summed E-state index contributed by atoms with van der Waals surface area (Å²) in [7, 11) is 0. The van der Waals surface area contributed by atoms with Crippen LogP contribution in [0.5, 0.6) is 0 Å². The van der Waals surface area contributed by atoms with Gasteiger partial charge in [0.05, 0.1) is 35.7 Å². The summed E-state index contributed by atoms with van der Waals surface area (Å²) in [6, 6.07) is 23.9. The number of thiocarbonyl (C=S) groups is 1. The Morgan fingerprint density at radius 1 is 0.919 bits per heavy atom. The van der Waals surface area contributed by atoms with E-state index in [-0.39, 0.29) is 12.1 Å². The molecule has 188 valence electrons. The second kappa shape index (κ2) is 10.3. The van der Waals surface area contributed by atoms with Crippen LogP contribution in [0.2, 0.25) is 10.0 Å². The largest absolute Gasteiger partial charge is 0.378 e. The van der Waals surface area contributed by atoms with Crippen LogP contribution >= 0.6 is 35.4 Å². The van der Waals surface area contributed by atoms with Crippen molar-refractivity contribution in [2.24, 2.45) is 0 Å². The van der Waals surface area contributed by atoms with Gasteiger partial charge in [-0.1, -0.05) is 29.3 Å². The molecule has 0 aliphatic carbocycles. The molecule has 0 spiro atoms. The van der Waals surface area contributed by atoms with Crippen LogP contribution in [0.25, 0.3) is 5.69 Å². The molecule has 2 fully saturated rings. The average Bonchev–Trinajstić information content (AvgIpc) is 3.54. The van der Waals surface area contributed by atoms with E-state index in [1.165, 1.54) is 5.69 Å². The Morgan fingerprint density at radius 3 is 2.43 bits per heavy atom. The topological polar surface area (TPSA) is 45.6 Å². The highest BCUT2D eigenvalue weighted by Gasteiger charge is 2.42. The first-order valence-electron chi connectivity index (χ1n) is 12.2. The molecule has 0 bridgehead atoms. The van der Waals surface area contributed by atoms with Crippen molar-refractivity contribution in [1.82, 2.24) is 14.9 Å². The zero-order valence-electron chi connectivity index (χ0n) is 19.9. The lowest BCUT2D eigenvalue weighted by Gasteiger charge is -2.31. The number of nitrogens with zero attached hydrogens (tertiary/aromatic N) is 4. The quantitative estimate of drug-likeness (QED) is 0.299. The molecule has 2 atom stereocenters. The van der Waals surface area contributed by atoms with Crippen molar-refractivity contribution in [3.8, 4) is 5.69 Å². The summed E-state index contributed by atoms with van der Waals surface area (Å²) in [6.45, 7) is 3.28. The molecule has 0 amide bonds. The molecule has 37 heavy (non-hydrogen) atoms. The predicted octanol–water partition coefficient (Wildman–Crippen LogP) is 6.19. The van der Waals surface area contributed by atoms with Crippen LogP contribution in [0.15, 0.2) is 85.2 Å². The predicted molar refractivity (Wildman–Crippen MR) is 153 cm³/mol. The molecule has 6 nitrogen and oxygen atoms in total. The summed E-state index contributed by atoms with van der Waals surface area (Å²) >= 11 is 18.8. The number of pyridine rings is 1. The third-order valence-electron chi connectivity index (χ3n) is 6.85. The van der Waals surface area contributed by atoms with Gasteiger partial charge in [0.1, 0.15) is 6.04 Å². The van der Waals surface area contributed by atoms with E-state index in [0.717, 1.165) is 49.1 Å². The lowest BCUT2D eigenvalue weighted by molar-refractivity contribution is 0.122. The van der Waals surface area contributed by atoms with E-state index >= 15 is 0 Å². The zero-order valence-corrected chi connectivity index (χ0v) is 22.3. The third-order valence-corrected chi connectivity index (χ3v) is 7.71. The standard InChI is InChI=1S/C28H25Cl2N5OS/c29-19-6-11-24(22(30)18-19)34-13-3-5-25(34)27-26(23-4-1-2-12-31-23)32-28(37)35(27)21-9-7-20(8-10-21)33-14-16-36-17-15-33/h1-13,18,26-27H,14-17H2,(H,32,37)/t26-,27-/m1/s1. The molecule has 1 N–H and O–H groups in total. The maximum Gasteiger partial charge on any atom is 0.174 e. The summed E-state index contributed by atoms with van der Waals surface area (Å²) in [5.41, 5.74) is 4.99. The van der Waals surface area contributed by atoms with Gasteiger partial charge in [0, 0.05) is 47.6 Å². The molecule has 2 aromatic heterocycles. The first kappa shape index (κ1) is 24.2. The minimum atomic E-state index is -0.168. The summed E-state index contributed by atoms with van der Waals surface area (Å²) in [6.07, 6.45) is 3.83. The summed E-state index contributed by atoms with van der Waals surface area (Å²) < 4.78 is 7.61. The van der Waals surface area contributed by atoms with Gasteiger partial charge in [0.25, 0.3) is 0 Å². The van der Waals surface area contributed by atoms with Crippen molar-refractivity contribution in [1.29, 1.82) is 0 Å². The smallest absolute Gasteiger partial charge is 0.174 e. The van der Waals surface area contributed by atoms with Gasteiger partial charge in [-0.05, 0) is 78.9 Å². The molecule has 2 aliphatic rings. The van der Waals surface area contributed by atoms with E-state index in [4.69, 9.17) is 40.2 Å². The Labute approximate surface area is 231 Å². The van der Waals surface area contributed by atoms with Crippen molar-refractivity contribution < 1.29 is 4.74 Å².